The fraction of sp³-hybridized carbons (Fsp3) is 0.476. The molecule has 7 heteroatoms. The van der Waals surface area contributed by atoms with Crippen LogP contribution in [0, 0.1) is 0 Å². The minimum absolute atomic E-state index is 0.156. The van der Waals surface area contributed by atoms with E-state index in [1.54, 1.807) is 6.07 Å². The molecule has 1 saturated heterocycles. The fourth-order valence-corrected chi connectivity index (χ4v) is 3.03. The van der Waals surface area contributed by atoms with Crippen molar-refractivity contribution in [2.75, 3.05) is 56.2 Å². The van der Waals surface area contributed by atoms with E-state index < -0.39 is 0 Å². The molecule has 3 rings (SSSR count). The van der Waals surface area contributed by atoms with E-state index in [0.717, 1.165) is 38.3 Å². The zero-order valence-electron chi connectivity index (χ0n) is 16.7. The summed E-state index contributed by atoms with van der Waals surface area (Å²) in [6.45, 7) is 6.30. The summed E-state index contributed by atoms with van der Waals surface area (Å²) in [6.07, 6.45) is 1.77. The number of aromatic nitrogens is 2. The number of anilines is 2. The zero-order valence-corrected chi connectivity index (χ0v) is 16.7. The highest BCUT2D eigenvalue weighted by Gasteiger charge is 2.19. The molecule has 1 amide bonds. The van der Waals surface area contributed by atoms with Gasteiger partial charge in [0, 0.05) is 39.3 Å². The van der Waals surface area contributed by atoms with Gasteiger partial charge in [-0.25, -0.2) is 4.98 Å². The highest BCUT2D eigenvalue weighted by Crippen LogP contribution is 2.19. The van der Waals surface area contributed by atoms with Crippen molar-refractivity contribution >= 4 is 17.7 Å². The van der Waals surface area contributed by atoms with Crippen molar-refractivity contribution in [3.8, 4) is 0 Å². The van der Waals surface area contributed by atoms with Gasteiger partial charge in [-0.3, -0.25) is 4.79 Å². The summed E-state index contributed by atoms with van der Waals surface area (Å²) in [6, 6.07) is 12.1. The second-order valence-electron chi connectivity index (χ2n) is 6.92. The third-order valence-corrected chi connectivity index (χ3v) is 4.72. The predicted molar refractivity (Wildman–Crippen MR) is 111 cm³/mol. The third kappa shape index (κ3) is 5.42. The molecule has 0 unspecified atom stereocenters. The van der Waals surface area contributed by atoms with Crippen molar-refractivity contribution < 1.29 is 9.53 Å². The van der Waals surface area contributed by atoms with E-state index in [4.69, 9.17) is 9.72 Å². The summed E-state index contributed by atoms with van der Waals surface area (Å²) in [4.78, 5) is 26.0. The Bertz CT molecular complexity index is 763. The molecule has 0 radical (unpaired) electrons. The summed E-state index contributed by atoms with van der Waals surface area (Å²) in [5.74, 6) is 1.19. The van der Waals surface area contributed by atoms with E-state index in [-0.39, 0.29) is 5.91 Å². The number of nitrogens with one attached hydrogen (secondary N) is 1. The van der Waals surface area contributed by atoms with Gasteiger partial charge in [0.2, 0.25) is 5.95 Å². The molecule has 0 spiro atoms. The maximum Gasteiger partial charge on any atom is 0.270 e. The summed E-state index contributed by atoms with van der Waals surface area (Å²) >= 11 is 0. The normalized spacial score (nSPS) is 14.0. The van der Waals surface area contributed by atoms with E-state index in [1.807, 2.05) is 37.1 Å². The molecular weight excluding hydrogens is 354 g/mol. The molecule has 2 aromatic rings. The van der Waals surface area contributed by atoms with Crippen LogP contribution in [0.2, 0.25) is 0 Å². The first kappa shape index (κ1) is 20.1. The number of carbonyl (C=O) groups excluding carboxylic acids is 1. The van der Waals surface area contributed by atoms with Crippen LogP contribution in [0.15, 0.2) is 36.4 Å². The standard InChI is InChI=1S/C21H29N5O2/c1-3-10-22-20(27)18-16-19(26-12-14-28-15-13-26)24-21(23-18)25(2)11-9-17-7-5-4-6-8-17/h4-8,16H,3,9-15H2,1-2H3,(H,22,27). The van der Waals surface area contributed by atoms with E-state index >= 15 is 0 Å². The van der Waals surface area contributed by atoms with Crippen LogP contribution in [0.3, 0.4) is 0 Å². The Hall–Kier alpha value is -2.67. The molecule has 0 aliphatic carbocycles. The van der Waals surface area contributed by atoms with Crippen LogP contribution in [0.1, 0.15) is 29.4 Å². The summed E-state index contributed by atoms with van der Waals surface area (Å²) in [5.41, 5.74) is 1.67. The van der Waals surface area contributed by atoms with Crippen molar-refractivity contribution in [1.29, 1.82) is 0 Å². The van der Waals surface area contributed by atoms with Gasteiger partial charge in [0.25, 0.3) is 5.91 Å². The van der Waals surface area contributed by atoms with Gasteiger partial charge in [-0.05, 0) is 18.4 Å². The summed E-state index contributed by atoms with van der Waals surface area (Å²) < 4.78 is 5.44. The largest absolute Gasteiger partial charge is 0.378 e. The lowest BCUT2D eigenvalue weighted by Gasteiger charge is -2.29. The van der Waals surface area contributed by atoms with Crippen LogP contribution in [0.5, 0.6) is 0 Å². The lowest BCUT2D eigenvalue weighted by molar-refractivity contribution is 0.0948. The monoisotopic (exact) mass is 383 g/mol. The Balaban J connectivity index is 1.79. The molecule has 1 aromatic heterocycles. The maximum absolute atomic E-state index is 12.5. The van der Waals surface area contributed by atoms with Gasteiger partial charge in [0.15, 0.2) is 0 Å². The first-order valence-electron chi connectivity index (χ1n) is 9.92. The van der Waals surface area contributed by atoms with Gasteiger partial charge in [0.05, 0.1) is 13.2 Å². The molecule has 0 bridgehead atoms. The highest BCUT2D eigenvalue weighted by molar-refractivity contribution is 5.93. The van der Waals surface area contributed by atoms with Gasteiger partial charge < -0.3 is 19.9 Å². The van der Waals surface area contributed by atoms with Crippen LogP contribution < -0.4 is 15.1 Å². The average molecular weight is 383 g/mol. The molecule has 1 aliphatic heterocycles. The van der Waals surface area contributed by atoms with Crippen LogP contribution in [-0.2, 0) is 11.2 Å². The number of carbonyl (C=O) groups is 1. The van der Waals surface area contributed by atoms with E-state index in [1.165, 1.54) is 5.56 Å². The summed E-state index contributed by atoms with van der Waals surface area (Å²) in [5, 5.41) is 2.91. The molecule has 1 aliphatic rings. The van der Waals surface area contributed by atoms with Crippen molar-refractivity contribution in [2.45, 2.75) is 19.8 Å². The Kier molecular flexibility index (Phi) is 7.19. The molecule has 0 atom stereocenters. The molecule has 0 saturated carbocycles. The van der Waals surface area contributed by atoms with Gasteiger partial charge in [-0.15, -0.1) is 0 Å². The van der Waals surface area contributed by atoms with E-state index in [0.29, 0.717) is 31.4 Å². The Morgan fingerprint density at radius 2 is 1.96 bits per heavy atom. The van der Waals surface area contributed by atoms with Crippen molar-refractivity contribution in [1.82, 2.24) is 15.3 Å². The number of morpholine rings is 1. The number of ether oxygens (including phenoxy) is 1. The molecule has 1 aromatic carbocycles. The van der Waals surface area contributed by atoms with E-state index in [9.17, 15) is 4.79 Å². The number of rotatable bonds is 8. The maximum atomic E-state index is 12.5. The number of likely N-dealkylation sites (N-methyl/N-ethyl adjacent to an activating group) is 1. The Morgan fingerprint density at radius 1 is 1.21 bits per heavy atom. The second kappa shape index (κ2) is 10.0. The topological polar surface area (TPSA) is 70.6 Å². The molecular formula is C21H29N5O2. The van der Waals surface area contributed by atoms with Crippen LogP contribution in [-0.4, -0.2) is 62.3 Å². The van der Waals surface area contributed by atoms with Crippen LogP contribution in [0.25, 0.3) is 0 Å². The average Bonchev–Trinajstić information content (AvgIpc) is 2.76. The van der Waals surface area contributed by atoms with Gasteiger partial charge in [-0.2, -0.15) is 4.98 Å². The van der Waals surface area contributed by atoms with E-state index in [2.05, 4.69) is 27.3 Å². The number of hydrogen-bond acceptors (Lipinski definition) is 6. The lowest BCUT2D eigenvalue weighted by atomic mass is 10.1. The lowest BCUT2D eigenvalue weighted by Crippen LogP contribution is -2.37. The van der Waals surface area contributed by atoms with Crippen molar-refractivity contribution in [2.24, 2.45) is 0 Å². The van der Waals surface area contributed by atoms with Crippen molar-refractivity contribution in [3.63, 3.8) is 0 Å². The zero-order chi connectivity index (χ0) is 19.8. The molecule has 1 N–H and O–H groups in total. The third-order valence-electron chi connectivity index (χ3n) is 4.72. The minimum atomic E-state index is -0.156. The first-order chi connectivity index (χ1) is 13.7. The summed E-state index contributed by atoms with van der Waals surface area (Å²) in [7, 11) is 1.97. The first-order valence-corrected chi connectivity index (χ1v) is 9.92. The Labute approximate surface area is 166 Å². The van der Waals surface area contributed by atoms with Crippen LogP contribution in [0.4, 0.5) is 11.8 Å². The molecule has 7 nitrogen and oxygen atoms in total. The van der Waals surface area contributed by atoms with Crippen molar-refractivity contribution in [3.05, 3.63) is 47.7 Å². The number of benzene rings is 1. The fourth-order valence-electron chi connectivity index (χ4n) is 3.03. The molecule has 2 heterocycles. The second-order valence-corrected chi connectivity index (χ2v) is 6.92. The Morgan fingerprint density at radius 3 is 2.68 bits per heavy atom. The van der Waals surface area contributed by atoms with Gasteiger partial charge in [-0.1, -0.05) is 37.3 Å². The number of nitrogens with zero attached hydrogens (tertiary/aromatic N) is 4. The van der Waals surface area contributed by atoms with Crippen LogP contribution >= 0.6 is 0 Å². The SMILES string of the molecule is CCCNC(=O)c1cc(N2CCOCC2)nc(N(C)CCc2ccccc2)n1. The molecule has 1 fully saturated rings. The minimum Gasteiger partial charge on any atom is -0.378 e. The smallest absolute Gasteiger partial charge is 0.270 e. The highest BCUT2D eigenvalue weighted by atomic mass is 16.5. The quantitative estimate of drug-likeness (QED) is 0.753. The number of hydrogen-bond donors (Lipinski definition) is 1. The molecule has 28 heavy (non-hydrogen) atoms. The van der Waals surface area contributed by atoms with Gasteiger partial charge in [0.1, 0.15) is 11.5 Å². The van der Waals surface area contributed by atoms with Gasteiger partial charge >= 0.3 is 0 Å². The number of amides is 1. The molecule has 150 valence electrons. The predicted octanol–water partition coefficient (Wildman–Crippen LogP) is 2.13.